The molecule has 0 aromatic heterocycles. The Bertz CT molecular complexity index is 581. The van der Waals surface area contributed by atoms with Crippen molar-refractivity contribution in [3.05, 3.63) is 53.6 Å². The summed E-state index contributed by atoms with van der Waals surface area (Å²) in [5, 5.41) is 0. The summed E-state index contributed by atoms with van der Waals surface area (Å²) in [5.41, 5.74) is 8.50. The van der Waals surface area contributed by atoms with Crippen LogP contribution in [0.5, 0.6) is 5.75 Å². The highest BCUT2D eigenvalue weighted by molar-refractivity contribution is 7.99. The zero-order valence-electron chi connectivity index (χ0n) is 12.2. The average molecular weight is 287 g/mol. The summed E-state index contributed by atoms with van der Waals surface area (Å²) in [7, 11) is 1.69. The van der Waals surface area contributed by atoms with Gasteiger partial charge in [0.1, 0.15) is 5.75 Å². The van der Waals surface area contributed by atoms with Crippen LogP contribution < -0.4 is 10.5 Å². The molecule has 0 aliphatic rings. The van der Waals surface area contributed by atoms with Gasteiger partial charge in [-0.1, -0.05) is 23.9 Å². The smallest absolute Gasteiger partial charge is 0.119 e. The van der Waals surface area contributed by atoms with E-state index in [0.717, 1.165) is 12.2 Å². The van der Waals surface area contributed by atoms with Gasteiger partial charge in [0, 0.05) is 15.8 Å². The first kappa shape index (κ1) is 14.9. The summed E-state index contributed by atoms with van der Waals surface area (Å²) in [6.07, 6.45) is 0.927. The standard InChI is InChI=1S/C17H21NOS/c1-12-9-17(8-7-14(12)10-13(2)18)20-16-6-4-5-15(11-16)19-3/h4-9,11,13H,10,18H2,1-3H3. The van der Waals surface area contributed by atoms with Crippen LogP contribution in [0.3, 0.4) is 0 Å². The highest BCUT2D eigenvalue weighted by Crippen LogP contribution is 2.31. The molecule has 1 unspecified atom stereocenters. The molecule has 20 heavy (non-hydrogen) atoms. The average Bonchev–Trinajstić information content (AvgIpc) is 2.42. The molecule has 0 spiro atoms. The molecular weight excluding hydrogens is 266 g/mol. The number of nitrogens with two attached hydrogens (primary N) is 1. The van der Waals surface area contributed by atoms with Crippen molar-refractivity contribution in [2.75, 3.05) is 7.11 Å². The lowest BCUT2D eigenvalue weighted by Gasteiger charge is -2.11. The Kier molecular flexibility index (Phi) is 5.10. The van der Waals surface area contributed by atoms with Crippen LogP contribution >= 0.6 is 11.8 Å². The van der Waals surface area contributed by atoms with Gasteiger partial charge in [-0.2, -0.15) is 0 Å². The van der Waals surface area contributed by atoms with Crippen molar-refractivity contribution in [1.82, 2.24) is 0 Å². The predicted octanol–water partition coefficient (Wildman–Crippen LogP) is 4.04. The van der Waals surface area contributed by atoms with Crippen LogP contribution in [0.4, 0.5) is 0 Å². The van der Waals surface area contributed by atoms with Crippen LogP contribution in [0.25, 0.3) is 0 Å². The first-order chi connectivity index (χ1) is 9.58. The molecule has 2 rings (SSSR count). The van der Waals surface area contributed by atoms with E-state index in [1.165, 1.54) is 20.9 Å². The van der Waals surface area contributed by atoms with Gasteiger partial charge in [-0.05, 0) is 61.7 Å². The third-order valence-corrected chi connectivity index (χ3v) is 4.11. The quantitative estimate of drug-likeness (QED) is 0.901. The normalized spacial score (nSPS) is 12.2. The first-order valence-electron chi connectivity index (χ1n) is 6.75. The van der Waals surface area contributed by atoms with Crippen molar-refractivity contribution in [2.45, 2.75) is 36.1 Å². The van der Waals surface area contributed by atoms with Crippen LogP contribution in [0, 0.1) is 6.92 Å². The van der Waals surface area contributed by atoms with Crippen LogP contribution in [0.1, 0.15) is 18.1 Å². The van der Waals surface area contributed by atoms with E-state index in [0.29, 0.717) is 0 Å². The van der Waals surface area contributed by atoms with Crippen molar-refractivity contribution >= 4 is 11.8 Å². The molecule has 0 fully saturated rings. The Morgan fingerprint density at radius 2 is 1.90 bits per heavy atom. The number of rotatable bonds is 5. The van der Waals surface area contributed by atoms with Crippen LogP contribution in [-0.2, 0) is 6.42 Å². The Morgan fingerprint density at radius 3 is 2.55 bits per heavy atom. The van der Waals surface area contributed by atoms with Gasteiger partial charge in [-0.3, -0.25) is 0 Å². The summed E-state index contributed by atoms with van der Waals surface area (Å²) in [5.74, 6) is 0.889. The van der Waals surface area contributed by atoms with E-state index >= 15 is 0 Å². The molecule has 0 bridgehead atoms. The fraction of sp³-hybridized carbons (Fsp3) is 0.294. The topological polar surface area (TPSA) is 35.2 Å². The molecule has 0 radical (unpaired) electrons. The molecule has 2 N–H and O–H groups in total. The number of ether oxygens (including phenoxy) is 1. The lowest BCUT2D eigenvalue weighted by Crippen LogP contribution is -2.18. The molecule has 0 saturated carbocycles. The highest BCUT2D eigenvalue weighted by Gasteiger charge is 2.05. The fourth-order valence-corrected chi connectivity index (χ4v) is 3.07. The molecule has 106 valence electrons. The Balaban J connectivity index is 2.15. The van der Waals surface area contributed by atoms with Gasteiger partial charge in [-0.15, -0.1) is 0 Å². The largest absolute Gasteiger partial charge is 0.497 e. The van der Waals surface area contributed by atoms with E-state index in [2.05, 4.69) is 37.3 Å². The van der Waals surface area contributed by atoms with Crippen molar-refractivity contribution in [1.29, 1.82) is 0 Å². The molecular formula is C17H21NOS. The van der Waals surface area contributed by atoms with E-state index in [4.69, 9.17) is 10.5 Å². The minimum atomic E-state index is 0.200. The zero-order chi connectivity index (χ0) is 14.5. The molecule has 2 aromatic rings. The van der Waals surface area contributed by atoms with E-state index in [1.54, 1.807) is 18.9 Å². The highest BCUT2D eigenvalue weighted by atomic mass is 32.2. The molecule has 2 nitrogen and oxygen atoms in total. The van der Waals surface area contributed by atoms with Gasteiger partial charge in [0.15, 0.2) is 0 Å². The van der Waals surface area contributed by atoms with Crippen molar-refractivity contribution < 1.29 is 4.74 Å². The van der Waals surface area contributed by atoms with Crippen LogP contribution in [0.15, 0.2) is 52.3 Å². The minimum Gasteiger partial charge on any atom is -0.497 e. The molecule has 3 heteroatoms. The van der Waals surface area contributed by atoms with Gasteiger partial charge in [-0.25, -0.2) is 0 Å². The van der Waals surface area contributed by atoms with Crippen LogP contribution in [-0.4, -0.2) is 13.2 Å². The second-order valence-corrected chi connectivity index (χ2v) is 6.20. The van der Waals surface area contributed by atoms with Gasteiger partial charge in [0.25, 0.3) is 0 Å². The summed E-state index contributed by atoms with van der Waals surface area (Å²) in [6.45, 7) is 4.19. The lowest BCUT2D eigenvalue weighted by molar-refractivity contribution is 0.413. The summed E-state index contributed by atoms with van der Waals surface area (Å²) >= 11 is 1.75. The molecule has 0 amide bonds. The maximum atomic E-state index is 5.87. The first-order valence-corrected chi connectivity index (χ1v) is 7.57. The van der Waals surface area contributed by atoms with Crippen molar-refractivity contribution in [3.63, 3.8) is 0 Å². The minimum absolute atomic E-state index is 0.200. The molecule has 0 saturated heterocycles. The Morgan fingerprint density at radius 1 is 1.15 bits per heavy atom. The van der Waals surface area contributed by atoms with Crippen molar-refractivity contribution in [3.8, 4) is 5.75 Å². The molecule has 0 heterocycles. The second-order valence-electron chi connectivity index (χ2n) is 5.05. The predicted molar refractivity (Wildman–Crippen MR) is 85.6 cm³/mol. The fourth-order valence-electron chi connectivity index (χ4n) is 2.11. The van der Waals surface area contributed by atoms with Gasteiger partial charge < -0.3 is 10.5 Å². The SMILES string of the molecule is COc1cccc(Sc2ccc(CC(C)N)c(C)c2)c1. The Labute approximate surface area is 125 Å². The van der Waals surface area contributed by atoms with E-state index in [1.807, 2.05) is 19.1 Å². The number of benzene rings is 2. The third kappa shape index (κ3) is 4.02. The maximum absolute atomic E-state index is 5.87. The second kappa shape index (κ2) is 6.82. The van der Waals surface area contributed by atoms with Gasteiger partial charge in [0.05, 0.1) is 7.11 Å². The Hall–Kier alpha value is -1.45. The van der Waals surface area contributed by atoms with E-state index in [-0.39, 0.29) is 6.04 Å². The number of hydrogen-bond acceptors (Lipinski definition) is 3. The number of hydrogen-bond donors (Lipinski definition) is 1. The van der Waals surface area contributed by atoms with Crippen molar-refractivity contribution in [2.24, 2.45) is 5.73 Å². The molecule has 0 aliphatic heterocycles. The number of aryl methyl sites for hydroxylation is 1. The monoisotopic (exact) mass is 287 g/mol. The third-order valence-electron chi connectivity index (χ3n) is 3.13. The molecule has 2 aromatic carbocycles. The summed E-state index contributed by atoms with van der Waals surface area (Å²) in [6, 6.07) is 14.9. The summed E-state index contributed by atoms with van der Waals surface area (Å²) < 4.78 is 5.25. The maximum Gasteiger partial charge on any atom is 0.119 e. The summed E-state index contributed by atoms with van der Waals surface area (Å²) in [4.78, 5) is 2.42. The van der Waals surface area contributed by atoms with Crippen LogP contribution in [0.2, 0.25) is 0 Å². The van der Waals surface area contributed by atoms with Gasteiger partial charge in [0.2, 0.25) is 0 Å². The molecule has 0 aliphatic carbocycles. The van der Waals surface area contributed by atoms with Gasteiger partial charge >= 0.3 is 0 Å². The van der Waals surface area contributed by atoms with E-state index in [9.17, 15) is 0 Å². The van der Waals surface area contributed by atoms with E-state index < -0.39 is 0 Å². The zero-order valence-corrected chi connectivity index (χ0v) is 13.0. The number of methoxy groups -OCH3 is 1. The molecule has 1 atom stereocenters. The lowest BCUT2D eigenvalue weighted by atomic mass is 10.0.